The monoisotopic (exact) mass is 328 g/mol. The number of carbonyl (C=O) groups excluding carboxylic acids is 2. The van der Waals surface area contributed by atoms with Gasteiger partial charge in [0.2, 0.25) is 0 Å². The Morgan fingerprint density at radius 3 is 2.81 bits per heavy atom. The summed E-state index contributed by atoms with van der Waals surface area (Å²) in [4.78, 5) is 36.3. The van der Waals surface area contributed by atoms with Crippen LogP contribution in [0.25, 0.3) is 10.3 Å². The van der Waals surface area contributed by atoms with E-state index in [9.17, 15) is 9.59 Å². The van der Waals surface area contributed by atoms with Crippen molar-refractivity contribution in [3.05, 3.63) is 17.1 Å². The van der Waals surface area contributed by atoms with Crippen molar-refractivity contribution < 1.29 is 14.3 Å². The Morgan fingerprint density at radius 2 is 2.19 bits per heavy atom. The molecule has 0 fully saturated rings. The molecule has 0 unspecified atom stereocenters. The average Bonchev–Trinajstić information content (AvgIpc) is 2.94. The molecule has 1 N–H and O–H groups in total. The quantitative estimate of drug-likeness (QED) is 0.688. The zero-order valence-corrected chi connectivity index (χ0v) is 13.0. The lowest BCUT2D eigenvalue weighted by molar-refractivity contribution is 0.0520. The highest BCUT2D eigenvalue weighted by atomic mass is 35.5. The van der Waals surface area contributed by atoms with Crippen molar-refractivity contribution in [3.63, 3.8) is 0 Å². The van der Waals surface area contributed by atoms with Gasteiger partial charge in [0.25, 0.3) is 0 Å². The molecule has 0 aliphatic heterocycles. The van der Waals surface area contributed by atoms with Crippen LogP contribution in [0.4, 0.5) is 10.6 Å². The SMILES string of the molecule is CCOC(=O)c1nc2ccsc2nc1N(CC)C(=O)NCl. The molecule has 2 aromatic rings. The molecule has 0 spiro atoms. The number of hydrogen-bond donors (Lipinski definition) is 1. The van der Waals surface area contributed by atoms with Gasteiger partial charge in [-0.05, 0) is 25.3 Å². The first-order valence-electron chi connectivity index (χ1n) is 6.22. The molecule has 0 aromatic carbocycles. The zero-order chi connectivity index (χ0) is 15.4. The van der Waals surface area contributed by atoms with Gasteiger partial charge in [-0.25, -0.2) is 24.4 Å². The van der Waals surface area contributed by atoms with E-state index >= 15 is 0 Å². The summed E-state index contributed by atoms with van der Waals surface area (Å²) in [6, 6.07) is 1.16. The van der Waals surface area contributed by atoms with Crippen molar-refractivity contribution in [2.45, 2.75) is 13.8 Å². The van der Waals surface area contributed by atoms with Gasteiger partial charge in [-0.2, -0.15) is 0 Å². The van der Waals surface area contributed by atoms with E-state index in [4.69, 9.17) is 16.5 Å². The minimum atomic E-state index is -0.631. The molecule has 9 heteroatoms. The summed E-state index contributed by atoms with van der Waals surface area (Å²) in [6.45, 7) is 3.91. The number of rotatable bonds is 4. The Morgan fingerprint density at radius 1 is 1.43 bits per heavy atom. The van der Waals surface area contributed by atoms with Crippen molar-refractivity contribution in [1.29, 1.82) is 0 Å². The number of carbonyl (C=O) groups is 2. The van der Waals surface area contributed by atoms with Gasteiger partial charge in [0.1, 0.15) is 10.3 Å². The first-order chi connectivity index (χ1) is 10.1. The van der Waals surface area contributed by atoms with Gasteiger partial charge in [0.15, 0.2) is 11.5 Å². The Bertz CT molecular complexity index is 676. The van der Waals surface area contributed by atoms with Gasteiger partial charge < -0.3 is 4.74 Å². The fourth-order valence-corrected chi connectivity index (χ4v) is 2.55. The second-order valence-corrected chi connectivity index (χ2v) is 4.95. The highest BCUT2D eigenvalue weighted by Gasteiger charge is 2.25. The number of urea groups is 1. The average molecular weight is 329 g/mol. The first-order valence-corrected chi connectivity index (χ1v) is 7.48. The van der Waals surface area contributed by atoms with Gasteiger partial charge in [-0.1, -0.05) is 0 Å². The van der Waals surface area contributed by atoms with Crippen molar-refractivity contribution in [2.75, 3.05) is 18.1 Å². The Balaban J connectivity index is 2.59. The number of thiophene rings is 1. The number of nitrogens with zero attached hydrogens (tertiary/aromatic N) is 3. The van der Waals surface area contributed by atoms with Crippen LogP contribution < -0.4 is 9.74 Å². The van der Waals surface area contributed by atoms with Crippen LogP contribution in [0.2, 0.25) is 0 Å². The van der Waals surface area contributed by atoms with Crippen LogP contribution >= 0.6 is 23.1 Å². The lowest BCUT2D eigenvalue weighted by Gasteiger charge is -2.20. The maximum absolute atomic E-state index is 12.0. The predicted octanol–water partition coefficient (Wildman–Crippen LogP) is 2.56. The van der Waals surface area contributed by atoms with Crippen molar-refractivity contribution >= 4 is 51.3 Å². The van der Waals surface area contributed by atoms with E-state index in [0.717, 1.165) is 0 Å². The largest absolute Gasteiger partial charge is 0.461 e. The number of nitrogens with one attached hydrogen (secondary N) is 1. The molecule has 0 saturated heterocycles. The van der Waals surface area contributed by atoms with Crippen LogP contribution in [0.3, 0.4) is 0 Å². The third-order valence-corrected chi connectivity index (χ3v) is 3.60. The summed E-state index contributed by atoms with van der Waals surface area (Å²) < 4.78 is 4.97. The van der Waals surface area contributed by atoms with Gasteiger partial charge in [0.05, 0.1) is 6.61 Å². The molecular weight excluding hydrogens is 316 g/mol. The summed E-state index contributed by atoms with van der Waals surface area (Å²) in [5, 5.41) is 1.81. The van der Waals surface area contributed by atoms with Crippen LogP contribution in [0.1, 0.15) is 24.3 Å². The zero-order valence-electron chi connectivity index (χ0n) is 11.4. The standard InChI is InChI=1S/C12H13ClN4O3S/c1-3-17(12(19)16-13)9-8(11(18)20-4-2)14-7-5-6-21-10(7)15-9/h5-6H,3-4H2,1-2H3,(H,16,19). The van der Waals surface area contributed by atoms with Crippen molar-refractivity contribution in [2.24, 2.45) is 0 Å². The van der Waals surface area contributed by atoms with Crippen molar-refractivity contribution in [1.82, 2.24) is 14.8 Å². The number of esters is 1. The smallest absolute Gasteiger partial charge is 0.360 e. The summed E-state index contributed by atoms with van der Waals surface area (Å²) in [7, 11) is 0. The summed E-state index contributed by atoms with van der Waals surface area (Å²) in [5.41, 5.74) is 0.569. The van der Waals surface area contributed by atoms with E-state index in [2.05, 4.69) is 9.97 Å². The van der Waals surface area contributed by atoms with Crippen molar-refractivity contribution in [3.8, 4) is 0 Å². The molecular formula is C12H13ClN4O3S. The number of hydrogen-bond acceptors (Lipinski definition) is 6. The lowest BCUT2D eigenvalue weighted by atomic mass is 10.3. The van der Waals surface area contributed by atoms with E-state index in [0.29, 0.717) is 10.3 Å². The second kappa shape index (κ2) is 6.68. The van der Waals surface area contributed by atoms with Gasteiger partial charge in [0, 0.05) is 18.3 Å². The van der Waals surface area contributed by atoms with E-state index in [-0.39, 0.29) is 24.7 Å². The van der Waals surface area contributed by atoms with Gasteiger partial charge >= 0.3 is 12.0 Å². The Kier molecular flexibility index (Phi) is 4.92. The summed E-state index contributed by atoms with van der Waals surface area (Å²) in [5.74, 6) is -0.502. The molecule has 0 atom stereocenters. The number of halogens is 1. The third-order valence-electron chi connectivity index (χ3n) is 2.64. The predicted molar refractivity (Wildman–Crippen MR) is 80.8 cm³/mol. The van der Waals surface area contributed by atoms with Gasteiger partial charge in [-0.3, -0.25) is 4.90 Å². The van der Waals surface area contributed by atoms with E-state index in [1.807, 2.05) is 4.84 Å². The normalized spacial score (nSPS) is 10.4. The molecule has 0 radical (unpaired) electrons. The molecule has 0 bridgehead atoms. The lowest BCUT2D eigenvalue weighted by Crippen LogP contribution is -2.37. The number of ether oxygens (including phenoxy) is 1. The molecule has 0 aliphatic rings. The van der Waals surface area contributed by atoms with E-state index in [1.54, 1.807) is 25.3 Å². The summed E-state index contributed by atoms with van der Waals surface area (Å²) in [6.07, 6.45) is 0. The molecule has 112 valence electrons. The number of aromatic nitrogens is 2. The minimum absolute atomic E-state index is 0.00938. The molecule has 2 heterocycles. The molecule has 0 saturated carbocycles. The molecule has 2 aromatic heterocycles. The minimum Gasteiger partial charge on any atom is -0.461 e. The Labute approximate surface area is 130 Å². The van der Waals surface area contributed by atoms with Gasteiger partial charge in [-0.15, -0.1) is 11.3 Å². The molecule has 21 heavy (non-hydrogen) atoms. The maximum atomic E-state index is 12.0. The first kappa shape index (κ1) is 15.5. The number of anilines is 1. The third kappa shape index (κ3) is 3.06. The molecule has 0 aliphatic carbocycles. The van der Waals surface area contributed by atoms with Crippen LogP contribution in [-0.4, -0.2) is 35.1 Å². The maximum Gasteiger partial charge on any atom is 0.360 e. The number of fused-ring (bicyclic) bond motifs is 1. The Hall–Kier alpha value is -1.93. The molecule has 2 amide bonds. The molecule has 7 nitrogen and oxygen atoms in total. The topological polar surface area (TPSA) is 84.4 Å². The fraction of sp³-hybridized carbons (Fsp3) is 0.333. The van der Waals surface area contributed by atoms with E-state index in [1.165, 1.54) is 16.2 Å². The van der Waals surface area contributed by atoms with Crippen LogP contribution in [0.5, 0.6) is 0 Å². The van der Waals surface area contributed by atoms with Crippen LogP contribution in [0.15, 0.2) is 11.4 Å². The van der Waals surface area contributed by atoms with E-state index < -0.39 is 12.0 Å². The highest BCUT2D eigenvalue weighted by molar-refractivity contribution is 7.16. The summed E-state index contributed by atoms with van der Waals surface area (Å²) >= 11 is 6.73. The molecule has 2 rings (SSSR count). The second-order valence-electron chi connectivity index (χ2n) is 3.87. The van der Waals surface area contributed by atoms with Crippen LogP contribution in [0, 0.1) is 0 Å². The van der Waals surface area contributed by atoms with Crippen LogP contribution in [-0.2, 0) is 4.74 Å². The fourth-order valence-electron chi connectivity index (χ4n) is 1.75. The number of amides is 2. The highest BCUT2D eigenvalue weighted by Crippen LogP contribution is 2.24.